The molecule has 110 valence electrons. The molecule has 20 heavy (non-hydrogen) atoms. The Morgan fingerprint density at radius 3 is 2.90 bits per heavy atom. The lowest BCUT2D eigenvalue weighted by molar-refractivity contribution is -0.222. The summed E-state index contributed by atoms with van der Waals surface area (Å²) in [6.07, 6.45) is 8.83. The van der Waals surface area contributed by atoms with Crippen LogP contribution in [0.25, 0.3) is 0 Å². The maximum atomic E-state index is 12.2. The Kier molecular flexibility index (Phi) is 3.32. The molecule has 1 N–H and O–H groups in total. The summed E-state index contributed by atoms with van der Waals surface area (Å²) in [5.74, 6) is 0.0180. The van der Waals surface area contributed by atoms with Gasteiger partial charge in [-0.3, -0.25) is 4.79 Å². The zero-order valence-electron chi connectivity index (χ0n) is 11.7. The van der Waals surface area contributed by atoms with Crippen molar-refractivity contribution >= 4 is 23.5 Å². The van der Waals surface area contributed by atoms with E-state index in [4.69, 9.17) is 16.3 Å². The van der Waals surface area contributed by atoms with E-state index >= 15 is 0 Å². The summed E-state index contributed by atoms with van der Waals surface area (Å²) >= 11 is 5.79. The quantitative estimate of drug-likeness (QED) is 0.491. The van der Waals surface area contributed by atoms with Gasteiger partial charge in [-0.1, -0.05) is 12.2 Å². The Morgan fingerprint density at radius 1 is 1.50 bits per heavy atom. The fraction of sp³-hybridized carbons (Fsp3) is 0.733. The van der Waals surface area contributed by atoms with Crippen LogP contribution in [0.5, 0.6) is 0 Å². The van der Waals surface area contributed by atoms with E-state index in [1.54, 1.807) is 0 Å². The third kappa shape index (κ3) is 1.73. The monoisotopic (exact) mass is 297 g/mol. The molecule has 0 radical (unpaired) electrons. The molecule has 2 heterocycles. The first-order valence-corrected chi connectivity index (χ1v) is 7.85. The van der Waals surface area contributed by atoms with Gasteiger partial charge in [-0.05, 0) is 44.9 Å². The van der Waals surface area contributed by atoms with Gasteiger partial charge in [-0.25, -0.2) is 4.79 Å². The predicted molar refractivity (Wildman–Crippen MR) is 75.3 cm³/mol. The van der Waals surface area contributed by atoms with Gasteiger partial charge in [0, 0.05) is 5.88 Å². The third-order valence-corrected chi connectivity index (χ3v) is 5.36. The van der Waals surface area contributed by atoms with E-state index in [1.165, 1.54) is 0 Å². The third-order valence-electron chi connectivity index (χ3n) is 5.14. The zero-order chi connectivity index (χ0) is 14.4. The number of nitrogens with one attached hydrogen (secondary N) is 1. The molecule has 0 aromatic rings. The first-order valence-electron chi connectivity index (χ1n) is 7.31. The average Bonchev–Trinajstić information content (AvgIpc) is 2.59. The minimum absolute atomic E-state index is 0.0983. The van der Waals surface area contributed by atoms with E-state index in [0.717, 1.165) is 19.3 Å². The van der Waals surface area contributed by atoms with Crippen molar-refractivity contribution in [1.82, 2.24) is 5.32 Å². The van der Waals surface area contributed by atoms with Crippen molar-refractivity contribution in [2.45, 2.75) is 50.2 Å². The fourth-order valence-electron chi connectivity index (χ4n) is 3.91. The molecule has 0 aromatic carbocycles. The number of fused-ring (bicyclic) bond motifs is 1. The van der Waals surface area contributed by atoms with Gasteiger partial charge in [0.05, 0.1) is 5.92 Å². The second-order valence-electron chi connectivity index (χ2n) is 6.24. The number of esters is 1. The van der Waals surface area contributed by atoms with Crippen molar-refractivity contribution in [3.8, 4) is 0 Å². The average molecular weight is 298 g/mol. The van der Waals surface area contributed by atoms with Gasteiger partial charge < -0.3 is 10.1 Å². The van der Waals surface area contributed by atoms with E-state index in [1.807, 2.05) is 6.92 Å². The molecule has 3 rings (SSSR count). The molecule has 4 atom stereocenters. The number of ether oxygens (including phenoxy) is 1. The Balaban J connectivity index is 1.86. The molecule has 0 aromatic heterocycles. The molecule has 4 nitrogen and oxygen atoms in total. The number of allylic oxidation sites excluding steroid dienone is 2. The Bertz CT molecular complexity index is 478. The van der Waals surface area contributed by atoms with Crippen molar-refractivity contribution < 1.29 is 14.3 Å². The number of hydrogen-bond acceptors (Lipinski definition) is 3. The van der Waals surface area contributed by atoms with Crippen molar-refractivity contribution in [3.63, 3.8) is 0 Å². The van der Waals surface area contributed by atoms with Crippen LogP contribution >= 0.6 is 11.6 Å². The van der Waals surface area contributed by atoms with Crippen LogP contribution in [0, 0.1) is 11.8 Å². The highest BCUT2D eigenvalue weighted by atomic mass is 35.5. The highest BCUT2D eigenvalue weighted by Crippen LogP contribution is 2.53. The number of alkyl halides is 1. The molecule has 1 amide bonds. The van der Waals surface area contributed by atoms with Gasteiger partial charge in [0.25, 0.3) is 0 Å². The fourth-order valence-corrected chi connectivity index (χ4v) is 4.13. The summed E-state index contributed by atoms with van der Waals surface area (Å²) in [5.41, 5.74) is -1.57. The first-order chi connectivity index (χ1) is 9.53. The lowest BCUT2D eigenvalue weighted by atomic mass is 9.66. The Hall–Kier alpha value is -1.03. The van der Waals surface area contributed by atoms with E-state index in [2.05, 4.69) is 17.5 Å². The van der Waals surface area contributed by atoms with Gasteiger partial charge in [-0.2, -0.15) is 0 Å². The minimum Gasteiger partial charge on any atom is -0.453 e. The summed E-state index contributed by atoms with van der Waals surface area (Å²) < 4.78 is 5.43. The molecule has 3 aliphatic rings. The van der Waals surface area contributed by atoms with Crippen LogP contribution in [0.3, 0.4) is 0 Å². The normalized spacial score (nSPS) is 42.7. The Labute approximate surface area is 123 Å². The highest BCUT2D eigenvalue weighted by molar-refractivity contribution is 6.18. The van der Waals surface area contributed by atoms with E-state index < -0.39 is 11.1 Å². The van der Waals surface area contributed by atoms with Gasteiger partial charge in [0.1, 0.15) is 0 Å². The standard InChI is InChI=1S/C15H20ClNO3/c1-14-11(7-8-16)12(18)17-15(14,13(19)20-14)9-10-5-3-2-4-6-10/h3,5,10-11H,2,4,6-9H2,1H3,(H,17,18)/t10-,11+,14+,15+/m1/s1. The molecule has 2 saturated heterocycles. The minimum atomic E-state index is -0.840. The van der Waals surface area contributed by atoms with Crippen LogP contribution in [-0.4, -0.2) is 28.9 Å². The lowest BCUT2D eigenvalue weighted by Gasteiger charge is -2.52. The summed E-state index contributed by atoms with van der Waals surface area (Å²) in [6.45, 7) is 1.87. The largest absolute Gasteiger partial charge is 0.453 e. The maximum Gasteiger partial charge on any atom is 0.336 e. The number of hydrogen-bond donors (Lipinski definition) is 1. The molecular formula is C15H20ClNO3. The topological polar surface area (TPSA) is 55.4 Å². The second kappa shape index (κ2) is 4.76. The predicted octanol–water partition coefficient (Wildman–Crippen LogP) is 2.16. The van der Waals surface area contributed by atoms with Gasteiger partial charge in [0.2, 0.25) is 5.91 Å². The van der Waals surface area contributed by atoms with Crippen molar-refractivity contribution in [2.75, 3.05) is 5.88 Å². The zero-order valence-corrected chi connectivity index (χ0v) is 12.4. The smallest absolute Gasteiger partial charge is 0.336 e. The summed E-state index contributed by atoms with van der Waals surface area (Å²) in [5, 5.41) is 2.93. The first kappa shape index (κ1) is 13.9. The maximum absolute atomic E-state index is 12.2. The molecule has 2 aliphatic heterocycles. The van der Waals surface area contributed by atoms with Gasteiger partial charge in [0.15, 0.2) is 11.1 Å². The number of rotatable bonds is 4. The van der Waals surface area contributed by atoms with Crippen molar-refractivity contribution in [1.29, 1.82) is 0 Å². The number of halogens is 1. The SMILES string of the molecule is C[C@@]12OC(=O)[C@]1(C[C@@H]1C=CCCC1)NC(=O)[C@@H]2CCCl. The van der Waals surface area contributed by atoms with Crippen LogP contribution in [0.2, 0.25) is 0 Å². The molecule has 0 unspecified atom stereocenters. The Morgan fingerprint density at radius 2 is 2.30 bits per heavy atom. The molecule has 0 saturated carbocycles. The van der Waals surface area contributed by atoms with E-state index in [0.29, 0.717) is 24.6 Å². The molecule has 0 bridgehead atoms. The van der Waals surface area contributed by atoms with Crippen molar-refractivity contribution in [3.05, 3.63) is 12.2 Å². The molecule has 1 aliphatic carbocycles. The summed E-state index contributed by atoms with van der Waals surface area (Å²) in [4.78, 5) is 24.3. The van der Waals surface area contributed by atoms with Crippen LogP contribution in [0.4, 0.5) is 0 Å². The summed E-state index contributed by atoms with van der Waals surface area (Å²) in [6, 6.07) is 0. The summed E-state index contributed by atoms with van der Waals surface area (Å²) in [7, 11) is 0. The lowest BCUT2D eigenvalue weighted by Crippen LogP contribution is -2.74. The molecule has 2 fully saturated rings. The van der Waals surface area contributed by atoms with Crippen LogP contribution in [0.1, 0.15) is 39.0 Å². The van der Waals surface area contributed by atoms with Crippen LogP contribution < -0.4 is 5.32 Å². The number of carbonyl (C=O) groups is 2. The number of amides is 1. The van der Waals surface area contributed by atoms with E-state index in [9.17, 15) is 9.59 Å². The van der Waals surface area contributed by atoms with Gasteiger partial charge >= 0.3 is 5.97 Å². The molecule has 0 spiro atoms. The highest BCUT2D eigenvalue weighted by Gasteiger charge is 2.75. The van der Waals surface area contributed by atoms with Crippen LogP contribution in [-0.2, 0) is 14.3 Å². The molecular weight excluding hydrogens is 278 g/mol. The molecule has 5 heteroatoms. The van der Waals surface area contributed by atoms with E-state index in [-0.39, 0.29) is 17.8 Å². The van der Waals surface area contributed by atoms with Gasteiger partial charge in [-0.15, -0.1) is 11.6 Å². The van der Waals surface area contributed by atoms with Crippen LogP contribution in [0.15, 0.2) is 12.2 Å². The van der Waals surface area contributed by atoms with Crippen molar-refractivity contribution in [2.24, 2.45) is 11.8 Å². The number of carbonyl (C=O) groups excluding carboxylic acids is 2. The second-order valence-corrected chi connectivity index (χ2v) is 6.62.